The molecule has 4 N–H and O–H groups in total. The third-order valence-corrected chi connectivity index (χ3v) is 2.65. The van der Waals surface area contributed by atoms with Gasteiger partial charge in [-0.3, -0.25) is 19.1 Å². The molecule has 0 aliphatic heterocycles. The molecule has 0 atom stereocenters. The molecule has 0 bridgehead atoms. The molecule has 1 amide bonds. The number of carbonyl (C=O) groups is 1. The van der Waals surface area contributed by atoms with E-state index in [9.17, 15) is 14.4 Å². The highest BCUT2D eigenvalue weighted by molar-refractivity contribution is 5.90. The van der Waals surface area contributed by atoms with Crippen LogP contribution >= 0.6 is 0 Å². The number of nitrogen functional groups attached to an aromatic ring is 1. The molecule has 1 aromatic carbocycles. The molecule has 20 heavy (non-hydrogen) atoms. The first-order chi connectivity index (χ1) is 9.45. The molecule has 0 fully saturated rings. The van der Waals surface area contributed by atoms with Crippen molar-refractivity contribution in [3.8, 4) is 0 Å². The van der Waals surface area contributed by atoms with Crippen molar-refractivity contribution in [1.82, 2.24) is 9.55 Å². The van der Waals surface area contributed by atoms with Crippen LogP contribution in [-0.4, -0.2) is 15.5 Å². The summed E-state index contributed by atoms with van der Waals surface area (Å²) in [5.41, 5.74) is 5.59. The Labute approximate surface area is 114 Å². The lowest BCUT2D eigenvalue weighted by molar-refractivity contribution is -0.116. The number of rotatable bonds is 3. The van der Waals surface area contributed by atoms with E-state index in [2.05, 4.69) is 5.32 Å². The van der Waals surface area contributed by atoms with Gasteiger partial charge >= 0.3 is 5.69 Å². The fraction of sp³-hybridized carbons (Fsp3) is 0.154. The Morgan fingerprint density at radius 2 is 2.15 bits per heavy atom. The number of hydrogen-bond acceptors (Lipinski definition) is 4. The number of benzene rings is 1. The third kappa shape index (κ3) is 3.14. The van der Waals surface area contributed by atoms with Crippen LogP contribution in [0.25, 0.3) is 0 Å². The lowest BCUT2D eigenvalue weighted by Gasteiger charge is -2.08. The predicted octanol–water partition coefficient (Wildman–Crippen LogP) is 0.0659. The quantitative estimate of drug-likeness (QED) is 0.735. The summed E-state index contributed by atoms with van der Waals surface area (Å²) in [4.78, 5) is 36.5. The number of aromatic amines is 1. The first-order valence-corrected chi connectivity index (χ1v) is 5.91. The molecule has 7 heteroatoms. The molecule has 2 aromatic rings. The van der Waals surface area contributed by atoms with E-state index >= 15 is 0 Å². The lowest BCUT2D eigenvalue weighted by atomic mass is 10.2. The molecule has 0 saturated carbocycles. The first kappa shape index (κ1) is 13.6. The van der Waals surface area contributed by atoms with Crippen molar-refractivity contribution in [3.05, 3.63) is 56.9 Å². The van der Waals surface area contributed by atoms with E-state index in [4.69, 9.17) is 5.73 Å². The van der Waals surface area contributed by atoms with Crippen LogP contribution in [0.5, 0.6) is 0 Å². The number of anilines is 2. The number of aromatic nitrogens is 2. The van der Waals surface area contributed by atoms with E-state index in [0.717, 1.165) is 16.3 Å². The molecule has 0 spiro atoms. The van der Waals surface area contributed by atoms with Crippen molar-refractivity contribution in [1.29, 1.82) is 0 Å². The predicted molar refractivity (Wildman–Crippen MR) is 75.5 cm³/mol. The van der Waals surface area contributed by atoms with Crippen LogP contribution in [0, 0.1) is 6.92 Å². The number of nitrogens with one attached hydrogen (secondary N) is 2. The zero-order chi connectivity index (χ0) is 14.7. The van der Waals surface area contributed by atoms with Crippen molar-refractivity contribution < 1.29 is 4.79 Å². The number of carbonyl (C=O) groups excluding carboxylic acids is 1. The van der Waals surface area contributed by atoms with Gasteiger partial charge in [-0.25, -0.2) is 4.79 Å². The highest BCUT2D eigenvalue weighted by Gasteiger charge is 2.07. The van der Waals surface area contributed by atoms with Gasteiger partial charge in [-0.15, -0.1) is 0 Å². The molecule has 1 aromatic heterocycles. The van der Waals surface area contributed by atoms with Gasteiger partial charge < -0.3 is 11.1 Å². The van der Waals surface area contributed by atoms with Crippen LogP contribution in [0.4, 0.5) is 11.4 Å². The van der Waals surface area contributed by atoms with Crippen molar-refractivity contribution >= 4 is 17.3 Å². The van der Waals surface area contributed by atoms with Crippen molar-refractivity contribution in [3.63, 3.8) is 0 Å². The summed E-state index contributed by atoms with van der Waals surface area (Å²) in [5, 5.41) is 2.66. The SMILES string of the molecule is Cc1cccc(NC(=O)Cn2cc(N)c(=O)[nH]c2=O)c1. The smallest absolute Gasteiger partial charge is 0.328 e. The average molecular weight is 274 g/mol. The van der Waals surface area contributed by atoms with E-state index in [1.165, 1.54) is 0 Å². The van der Waals surface area contributed by atoms with Gasteiger partial charge in [-0.05, 0) is 24.6 Å². The molecule has 0 aliphatic rings. The Morgan fingerprint density at radius 3 is 2.85 bits per heavy atom. The topological polar surface area (TPSA) is 110 Å². The van der Waals surface area contributed by atoms with Gasteiger partial charge in [-0.1, -0.05) is 12.1 Å². The van der Waals surface area contributed by atoms with Gasteiger partial charge in [-0.2, -0.15) is 0 Å². The second kappa shape index (κ2) is 5.43. The van der Waals surface area contributed by atoms with Crippen LogP contribution in [0.2, 0.25) is 0 Å². The van der Waals surface area contributed by atoms with Crippen molar-refractivity contribution in [2.24, 2.45) is 0 Å². The van der Waals surface area contributed by atoms with Crippen molar-refractivity contribution in [2.45, 2.75) is 13.5 Å². The Morgan fingerprint density at radius 1 is 1.40 bits per heavy atom. The van der Waals surface area contributed by atoms with E-state index in [1.54, 1.807) is 6.07 Å². The number of hydrogen-bond donors (Lipinski definition) is 3. The van der Waals surface area contributed by atoms with E-state index in [1.807, 2.05) is 30.1 Å². The monoisotopic (exact) mass is 274 g/mol. The van der Waals surface area contributed by atoms with Gasteiger partial charge in [0, 0.05) is 11.9 Å². The Bertz CT molecular complexity index is 761. The summed E-state index contributed by atoms with van der Waals surface area (Å²) in [6, 6.07) is 7.27. The van der Waals surface area contributed by atoms with Gasteiger partial charge in [0.25, 0.3) is 5.56 Å². The maximum Gasteiger partial charge on any atom is 0.328 e. The number of amides is 1. The minimum absolute atomic E-state index is 0.118. The van der Waals surface area contributed by atoms with Crippen LogP contribution in [0.3, 0.4) is 0 Å². The van der Waals surface area contributed by atoms with E-state index in [0.29, 0.717) is 5.69 Å². The molecular formula is C13H14N4O3. The van der Waals surface area contributed by atoms with Crippen LogP contribution in [0.15, 0.2) is 40.1 Å². The Kier molecular flexibility index (Phi) is 3.69. The largest absolute Gasteiger partial charge is 0.393 e. The lowest BCUT2D eigenvalue weighted by Crippen LogP contribution is -2.34. The molecule has 104 valence electrons. The minimum Gasteiger partial charge on any atom is -0.393 e. The van der Waals surface area contributed by atoms with Gasteiger partial charge in [0.15, 0.2) is 0 Å². The Hall–Kier alpha value is -2.83. The van der Waals surface area contributed by atoms with Crippen LogP contribution in [0.1, 0.15) is 5.56 Å². The number of H-pyrrole nitrogens is 1. The summed E-state index contributed by atoms with van der Waals surface area (Å²) >= 11 is 0. The molecule has 0 saturated heterocycles. The molecule has 0 aliphatic carbocycles. The van der Waals surface area contributed by atoms with Crippen molar-refractivity contribution in [2.75, 3.05) is 11.1 Å². The summed E-state index contributed by atoms with van der Waals surface area (Å²) < 4.78 is 1.04. The Balaban J connectivity index is 2.15. The maximum atomic E-state index is 11.8. The molecule has 0 unspecified atom stereocenters. The zero-order valence-electron chi connectivity index (χ0n) is 10.8. The third-order valence-electron chi connectivity index (χ3n) is 2.65. The summed E-state index contributed by atoms with van der Waals surface area (Å²) in [6.07, 6.45) is 1.15. The summed E-state index contributed by atoms with van der Waals surface area (Å²) in [6.45, 7) is 1.68. The van der Waals surface area contributed by atoms with Gasteiger partial charge in [0.2, 0.25) is 5.91 Å². The van der Waals surface area contributed by atoms with Crippen LogP contribution in [-0.2, 0) is 11.3 Å². The fourth-order valence-electron chi connectivity index (χ4n) is 1.72. The standard InChI is InChI=1S/C13H14N4O3/c1-8-3-2-4-9(5-8)15-11(18)7-17-6-10(14)12(19)16-13(17)20/h2-6H,7,14H2,1H3,(H,15,18)(H,16,19,20). The maximum absolute atomic E-state index is 11.8. The zero-order valence-corrected chi connectivity index (χ0v) is 10.8. The van der Waals surface area contributed by atoms with Gasteiger partial charge in [0.1, 0.15) is 12.2 Å². The number of aryl methyl sites for hydroxylation is 1. The second-order valence-electron chi connectivity index (χ2n) is 4.39. The molecule has 0 radical (unpaired) electrons. The molecular weight excluding hydrogens is 260 g/mol. The first-order valence-electron chi connectivity index (χ1n) is 5.91. The van der Waals surface area contributed by atoms with Crippen LogP contribution < -0.4 is 22.3 Å². The fourth-order valence-corrected chi connectivity index (χ4v) is 1.72. The second-order valence-corrected chi connectivity index (χ2v) is 4.39. The normalized spacial score (nSPS) is 10.2. The number of nitrogens with two attached hydrogens (primary N) is 1. The highest BCUT2D eigenvalue weighted by atomic mass is 16.2. The molecule has 2 rings (SSSR count). The number of nitrogens with zero attached hydrogens (tertiary/aromatic N) is 1. The summed E-state index contributed by atoms with van der Waals surface area (Å²) in [5.74, 6) is -0.385. The molecule has 1 heterocycles. The minimum atomic E-state index is -0.677. The van der Waals surface area contributed by atoms with E-state index in [-0.39, 0.29) is 18.1 Å². The van der Waals surface area contributed by atoms with Gasteiger partial charge in [0.05, 0.1) is 0 Å². The highest BCUT2D eigenvalue weighted by Crippen LogP contribution is 2.09. The average Bonchev–Trinajstić information content (AvgIpc) is 2.36. The molecule has 7 nitrogen and oxygen atoms in total. The van der Waals surface area contributed by atoms with E-state index < -0.39 is 11.2 Å². The summed E-state index contributed by atoms with van der Waals surface area (Å²) in [7, 11) is 0.